The van der Waals surface area contributed by atoms with Crippen LogP contribution in [0.25, 0.3) is 0 Å². The van der Waals surface area contributed by atoms with Crippen LogP contribution in [0.5, 0.6) is 0 Å². The van der Waals surface area contributed by atoms with E-state index in [9.17, 15) is 4.79 Å². The van der Waals surface area contributed by atoms with Crippen molar-refractivity contribution in [3.63, 3.8) is 0 Å². The normalized spacial score (nSPS) is 15.4. The zero-order valence-corrected chi connectivity index (χ0v) is 8.38. The summed E-state index contributed by atoms with van der Waals surface area (Å²) in [6, 6.07) is 2.40. The van der Waals surface area contributed by atoms with Crippen LogP contribution < -0.4 is 5.69 Å². The summed E-state index contributed by atoms with van der Waals surface area (Å²) < 4.78 is 1.70. The maximum Gasteiger partial charge on any atom is 0.344 e. The van der Waals surface area contributed by atoms with E-state index in [1.54, 1.807) is 4.57 Å². The van der Waals surface area contributed by atoms with Crippen molar-refractivity contribution in [3.8, 4) is 6.07 Å². The van der Waals surface area contributed by atoms with Crippen molar-refractivity contribution in [1.29, 1.82) is 5.26 Å². The third kappa shape index (κ3) is 1.82. The van der Waals surface area contributed by atoms with E-state index in [-0.39, 0.29) is 5.69 Å². The smallest absolute Gasteiger partial charge is 0.267 e. The van der Waals surface area contributed by atoms with Gasteiger partial charge in [-0.25, -0.2) is 9.89 Å². The third-order valence-corrected chi connectivity index (χ3v) is 2.98. The largest absolute Gasteiger partial charge is 0.344 e. The molecule has 1 N–H and O–H groups in total. The molecule has 1 fully saturated rings. The summed E-state index contributed by atoms with van der Waals surface area (Å²) in [5, 5.41) is 15.5. The molecule has 2 rings (SSSR count). The fourth-order valence-electron chi connectivity index (χ4n) is 1.23. The molecule has 6 heteroatoms. The Morgan fingerprint density at radius 2 is 2.50 bits per heavy atom. The van der Waals surface area contributed by atoms with Gasteiger partial charge in [-0.15, -0.1) is 5.10 Å². The highest BCUT2D eigenvalue weighted by Crippen LogP contribution is 2.35. The number of hydrogen-bond acceptors (Lipinski definition) is 4. The van der Waals surface area contributed by atoms with Gasteiger partial charge in [-0.3, -0.25) is 4.57 Å². The molecule has 1 aliphatic carbocycles. The van der Waals surface area contributed by atoms with Gasteiger partial charge in [0.1, 0.15) is 0 Å². The lowest BCUT2D eigenvalue weighted by Crippen LogP contribution is -2.16. The predicted octanol–water partition coefficient (Wildman–Crippen LogP) is 0.912. The van der Waals surface area contributed by atoms with Gasteiger partial charge in [0.2, 0.25) is 0 Å². The summed E-state index contributed by atoms with van der Waals surface area (Å²) in [6.07, 6.45) is 2.60. The molecule has 0 aliphatic heterocycles. The molecule has 1 aliphatic rings. The van der Waals surface area contributed by atoms with E-state index < -0.39 is 0 Å². The van der Waals surface area contributed by atoms with Crippen LogP contribution in [0.4, 0.5) is 0 Å². The molecule has 0 unspecified atom stereocenters. The molecular weight excluding hydrogens is 200 g/mol. The Morgan fingerprint density at radius 3 is 3.14 bits per heavy atom. The van der Waals surface area contributed by atoms with Crippen LogP contribution in [0, 0.1) is 11.3 Å². The van der Waals surface area contributed by atoms with Crippen molar-refractivity contribution < 1.29 is 0 Å². The second kappa shape index (κ2) is 3.88. The van der Waals surface area contributed by atoms with E-state index in [0.717, 1.165) is 12.8 Å². The molecule has 0 radical (unpaired) electrons. The van der Waals surface area contributed by atoms with E-state index in [1.165, 1.54) is 11.8 Å². The molecule has 0 amide bonds. The van der Waals surface area contributed by atoms with Crippen molar-refractivity contribution >= 4 is 11.8 Å². The Bertz CT molecular complexity index is 412. The van der Waals surface area contributed by atoms with Crippen LogP contribution in [0.3, 0.4) is 0 Å². The van der Waals surface area contributed by atoms with Gasteiger partial charge in [0.15, 0.2) is 5.16 Å². The summed E-state index contributed by atoms with van der Waals surface area (Å²) in [4.78, 5) is 11.3. The Balaban J connectivity index is 2.09. The maximum atomic E-state index is 11.3. The van der Waals surface area contributed by atoms with Crippen molar-refractivity contribution in [3.05, 3.63) is 10.5 Å². The molecule has 1 heterocycles. The number of nitrogens with one attached hydrogen (secondary N) is 1. The summed E-state index contributed by atoms with van der Waals surface area (Å²) >= 11 is 1.46. The van der Waals surface area contributed by atoms with Crippen LogP contribution in [-0.4, -0.2) is 20.5 Å². The highest BCUT2D eigenvalue weighted by atomic mass is 32.2. The molecule has 0 atom stereocenters. The summed E-state index contributed by atoms with van der Waals surface area (Å²) in [6.45, 7) is 0. The van der Waals surface area contributed by atoms with Crippen molar-refractivity contribution in [2.75, 3.05) is 5.75 Å². The quantitative estimate of drug-likeness (QED) is 0.592. The van der Waals surface area contributed by atoms with Crippen LogP contribution >= 0.6 is 11.8 Å². The Labute approximate surface area is 85.1 Å². The molecule has 0 spiro atoms. The molecule has 74 valence electrons. The predicted molar refractivity (Wildman–Crippen MR) is 52.1 cm³/mol. The zero-order valence-electron chi connectivity index (χ0n) is 7.56. The summed E-state index contributed by atoms with van der Waals surface area (Å²) in [5.41, 5.74) is -0.132. The molecule has 5 nitrogen and oxygen atoms in total. The van der Waals surface area contributed by atoms with E-state index in [4.69, 9.17) is 5.26 Å². The minimum absolute atomic E-state index is 0.132. The van der Waals surface area contributed by atoms with Gasteiger partial charge in [-0.2, -0.15) is 5.26 Å². The molecule has 0 bridgehead atoms. The number of rotatable bonds is 4. The number of H-pyrrole nitrogens is 1. The number of hydrogen-bond donors (Lipinski definition) is 1. The number of nitriles is 1. The van der Waals surface area contributed by atoms with Crippen molar-refractivity contribution in [1.82, 2.24) is 14.8 Å². The molecule has 0 saturated heterocycles. The number of aromatic amines is 1. The molecule has 1 saturated carbocycles. The second-order valence-corrected chi connectivity index (χ2v) is 4.23. The first kappa shape index (κ1) is 9.34. The van der Waals surface area contributed by atoms with Crippen LogP contribution in [0.1, 0.15) is 25.3 Å². The Hall–Kier alpha value is -1.22. The third-order valence-electron chi connectivity index (χ3n) is 2.03. The zero-order chi connectivity index (χ0) is 9.97. The Morgan fingerprint density at radius 1 is 1.71 bits per heavy atom. The van der Waals surface area contributed by atoms with E-state index >= 15 is 0 Å². The van der Waals surface area contributed by atoms with E-state index in [0.29, 0.717) is 23.4 Å². The van der Waals surface area contributed by atoms with Crippen LogP contribution in [0.2, 0.25) is 0 Å². The van der Waals surface area contributed by atoms with Gasteiger partial charge in [0.25, 0.3) is 0 Å². The first-order valence-electron chi connectivity index (χ1n) is 4.49. The lowest BCUT2D eigenvalue weighted by atomic mass is 10.6. The number of thioether (sulfide) groups is 1. The fourth-order valence-corrected chi connectivity index (χ4v) is 2.09. The minimum atomic E-state index is -0.132. The van der Waals surface area contributed by atoms with Crippen LogP contribution in [0.15, 0.2) is 9.95 Å². The number of nitrogens with zero attached hydrogens (tertiary/aromatic N) is 3. The lowest BCUT2D eigenvalue weighted by Gasteiger charge is -2.00. The highest BCUT2D eigenvalue weighted by molar-refractivity contribution is 7.99. The van der Waals surface area contributed by atoms with Gasteiger partial charge in [0.05, 0.1) is 6.07 Å². The van der Waals surface area contributed by atoms with Crippen molar-refractivity contribution in [2.45, 2.75) is 30.5 Å². The second-order valence-electron chi connectivity index (χ2n) is 3.17. The summed E-state index contributed by atoms with van der Waals surface area (Å²) in [7, 11) is 0. The van der Waals surface area contributed by atoms with E-state index in [1.807, 2.05) is 0 Å². The first-order valence-corrected chi connectivity index (χ1v) is 5.48. The standard InChI is InChI=1S/C8H10N4OS/c9-4-1-5-14-8-11-10-7(13)12(8)6-2-3-6/h6H,1-3,5H2,(H,10,13). The molecule has 1 aromatic rings. The van der Waals surface area contributed by atoms with Gasteiger partial charge >= 0.3 is 5.69 Å². The highest BCUT2D eigenvalue weighted by Gasteiger charge is 2.28. The first-order chi connectivity index (χ1) is 6.83. The van der Waals surface area contributed by atoms with Gasteiger partial charge in [0, 0.05) is 18.2 Å². The summed E-state index contributed by atoms with van der Waals surface area (Å²) in [5.74, 6) is 0.688. The van der Waals surface area contributed by atoms with Gasteiger partial charge < -0.3 is 0 Å². The monoisotopic (exact) mass is 210 g/mol. The van der Waals surface area contributed by atoms with Crippen molar-refractivity contribution in [2.24, 2.45) is 0 Å². The lowest BCUT2D eigenvalue weighted by molar-refractivity contribution is 0.642. The van der Waals surface area contributed by atoms with Crippen LogP contribution in [-0.2, 0) is 0 Å². The fraction of sp³-hybridized carbons (Fsp3) is 0.625. The SMILES string of the molecule is N#CCCSc1n[nH]c(=O)n1C1CC1. The average Bonchev–Trinajstić information content (AvgIpc) is 2.93. The molecule has 1 aromatic heterocycles. The topological polar surface area (TPSA) is 74.5 Å². The average molecular weight is 210 g/mol. The Kier molecular flexibility index (Phi) is 2.59. The minimum Gasteiger partial charge on any atom is -0.267 e. The number of aromatic nitrogens is 3. The molecular formula is C8H10N4OS. The maximum absolute atomic E-state index is 11.3. The van der Waals surface area contributed by atoms with Gasteiger partial charge in [-0.1, -0.05) is 11.8 Å². The molecule has 14 heavy (non-hydrogen) atoms. The molecule has 0 aromatic carbocycles. The van der Waals surface area contributed by atoms with Gasteiger partial charge in [-0.05, 0) is 12.8 Å². The van der Waals surface area contributed by atoms with E-state index in [2.05, 4.69) is 16.3 Å².